The maximum atomic E-state index is 11.8. The molecule has 0 aliphatic carbocycles. The average Bonchev–Trinajstić information content (AvgIpc) is 2.98. The Kier molecular flexibility index (Phi) is 8.83. The molecule has 0 bridgehead atoms. The average molecular weight is 294 g/mol. The van der Waals surface area contributed by atoms with Crippen LogP contribution in [0.4, 0.5) is 0 Å². The van der Waals surface area contributed by atoms with Crippen molar-refractivity contribution in [3.8, 4) is 0 Å². The molecule has 0 saturated heterocycles. The Morgan fingerprint density at radius 1 is 1.29 bits per heavy atom. The zero-order valence-electron chi connectivity index (χ0n) is 13.7. The Morgan fingerprint density at radius 3 is 2.57 bits per heavy atom. The van der Waals surface area contributed by atoms with E-state index in [0.717, 1.165) is 19.4 Å². The van der Waals surface area contributed by atoms with Gasteiger partial charge in [0.2, 0.25) is 0 Å². The second-order valence-corrected chi connectivity index (χ2v) is 5.67. The molecule has 1 heterocycles. The maximum Gasteiger partial charge on any atom is 0.354 e. The molecule has 0 spiro atoms. The molecular weight excluding hydrogens is 264 g/mol. The molecule has 1 atom stereocenters. The predicted molar refractivity (Wildman–Crippen MR) is 86.5 cm³/mol. The minimum absolute atomic E-state index is 0.0431. The number of H-pyrrole nitrogens is 1. The normalized spacial score (nSPS) is 12.6. The van der Waals surface area contributed by atoms with Gasteiger partial charge in [-0.1, -0.05) is 26.7 Å². The highest BCUT2D eigenvalue weighted by Crippen LogP contribution is 2.08. The van der Waals surface area contributed by atoms with Crippen LogP contribution in [0.15, 0.2) is 18.3 Å². The minimum Gasteiger partial charge on any atom is -0.458 e. The number of nitrogens with one attached hydrogen (secondary N) is 2. The number of carbonyl (C=O) groups excluding carboxylic acids is 1. The van der Waals surface area contributed by atoms with Gasteiger partial charge in [0.1, 0.15) is 5.69 Å². The van der Waals surface area contributed by atoms with Crippen LogP contribution < -0.4 is 5.32 Å². The second-order valence-electron chi connectivity index (χ2n) is 5.67. The lowest BCUT2D eigenvalue weighted by Gasteiger charge is -2.18. The fourth-order valence-electron chi connectivity index (χ4n) is 2.50. The van der Waals surface area contributed by atoms with Crippen molar-refractivity contribution in [3.05, 3.63) is 24.0 Å². The van der Waals surface area contributed by atoms with Crippen LogP contribution in [-0.4, -0.2) is 29.6 Å². The van der Waals surface area contributed by atoms with Gasteiger partial charge < -0.3 is 15.0 Å². The fraction of sp³-hybridized carbons (Fsp3) is 0.706. The van der Waals surface area contributed by atoms with Crippen LogP contribution in [0.3, 0.4) is 0 Å². The molecule has 21 heavy (non-hydrogen) atoms. The molecule has 1 aromatic heterocycles. The summed E-state index contributed by atoms with van der Waals surface area (Å²) in [6.45, 7) is 7.41. The van der Waals surface area contributed by atoms with Gasteiger partial charge in [-0.05, 0) is 51.3 Å². The number of esters is 1. The summed E-state index contributed by atoms with van der Waals surface area (Å²) < 4.78 is 5.40. The first-order valence-corrected chi connectivity index (χ1v) is 8.25. The number of hydrogen-bond acceptors (Lipinski definition) is 3. The Labute approximate surface area is 128 Å². The zero-order valence-corrected chi connectivity index (χ0v) is 13.7. The van der Waals surface area contributed by atoms with Gasteiger partial charge in [-0.3, -0.25) is 0 Å². The van der Waals surface area contributed by atoms with Crippen molar-refractivity contribution < 1.29 is 9.53 Å². The van der Waals surface area contributed by atoms with Gasteiger partial charge in [-0.25, -0.2) is 4.79 Å². The molecule has 0 amide bonds. The lowest BCUT2D eigenvalue weighted by Crippen LogP contribution is -2.30. The van der Waals surface area contributed by atoms with Crippen LogP contribution in [0.1, 0.15) is 69.8 Å². The molecule has 0 aromatic carbocycles. The number of rotatable bonds is 11. The van der Waals surface area contributed by atoms with E-state index in [1.165, 1.54) is 25.7 Å². The molecule has 1 aromatic rings. The topological polar surface area (TPSA) is 54.1 Å². The van der Waals surface area contributed by atoms with E-state index in [0.29, 0.717) is 11.7 Å². The number of hydrogen-bond donors (Lipinski definition) is 2. The zero-order chi connectivity index (χ0) is 15.5. The van der Waals surface area contributed by atoms with E-state index in [1.807, 2.05) is 6.92 Å². The van der Waals surface area contributed by atoms with Crippen molar-refractivity contribution in [3.63, 3.8) is 0 Å². The molecule has 4 nitrogen and oxygen atoms in total. The lowest BCUT2D eigenvalue weighted by atomic mass is 10.1. The third kappa shape index (κ3) is 7.32. The highest BCUT2D eigenvalue weighted by atomic mass is 16.5. The molecule has 1 unspecified atom stereocenters. The lowest BCUT2D eigenvalue weighted by molar-refractivity contribution is 0.0314. The molecular formula is C17H30N2O2. The summed E-state index contributed by atoms with van der Waals surface area (Å²) in [6.07, 6.45) is 8.54. The fourth-order valence-corrected chi connectivity index (χ4v) is 2.50. The third-order valence-corrected chi connectivity index (χ3v) is 3.62. The summed E-state index contributed by atoms with van der Waals surface area (Å²) in [5, 5.41) is 3.61. The Bertz CT molecular complexity index is 370. The van der Waals surface area contributed by atoms with Crippen molar-refractivity contribution >= 4 is 5.97 Å². The second kappa shape index (κ2) is 10.4. The monoisotopic (exact) mass is 294 g/mol. The summed E-state index contributed by atoms with van der Waals surface area (Å²) >= 11 is 0. The molecule has 4 heteroatoms. The van der Waals surface area contributed by atoms with Crippen LogP contribution in [-0.2, 0) is 4.74 Å². The highest BCUT2D eigenvalue weighted by molar-refractivity contribution is 5.87. The molecule has 0 radical (unpaired) electrons. The van der Waals surface area contributed by atoms with Gasteiger partial charge in [-0.2, -0.15) is 0 Å². The molecule has 2 N–H and O–H groups in total. The van der Waals surface area contributed by atoms with E-state index in [-0.39, 0.29) is 12.1 Å². The molecule has 0 saturated carbocycles. The van der Waals surface area contributed by atoms with Crippen molar-refractivity contribution in [2.24, 2.45) is 0 Å². The van der Waals surface area contributed by atoms with Gasteiger partial charge in [0, 0.05) is 12.2 Å². The molecule has 0 aliphatic heterocycles. The molecule has 0 aliphatic rings. The largest absolute Gasteiger partial charge is 0.458 e. The smallest absolute Gasteiger partial charge is 0.354 e. The summed E-state index contributed by atoms with van der Waals surface area (Å²) in [4.78, 5) is 14.6. The summed E-state index contributed by atoms with van der Waals surface area (Å²) in [7, 11) is 0. The number of carbonyl (C=O) groups is 1. The first kappa shape index (κ1) is 17.8. The van der Waals surface area contributed by atoms with Crippen LogP contribution in [0.25, 0.3) is 0 Å². The minimum atomic E-state index is -0.268. The van der Waals surface area contributed by atoms with Gasteiger partial charge in [0.25, 0.3) is 0 Å². The van der Waals surface area contributed by atoms with E-state index < -0.39 is 0 Å². The van der Waals surface area contributed by atoms with Crippen LogP contribution in [0.2, 0.25) is 0 Å². The van der Waals surface area contributed by atoms with Crippen molar-refractivity contribution in [1.29, 1.82) is 0 Å². The van der Waals surface area contributed by atoms with Crippen molar-refractivity contribution in [2.45, 2.75) is 71.4 Å². The van der Waals surface area contributed by atoms with Crippen molar-refractivity contribution in [2.75, 3.05) is 6.54 Å². The number of ether oxygens (including phenoxy) is 1. The Balaban J connectivity index is 2.15. The third-order valence-electron chi connectivity index (χ3n) is 3.62. The Hall–Kier alpha value is -1.29. The van der Waals surface area contributed by atoms with Crippen LogP contribution in [0.5, 0.6) is 0 Å². The van der Waals surface area contributed by atoms with Gasteiger partial charge in [0.15, 0.2) is 0 Å². The van der Waals surface area contributed by atoms with E-state index in [1.54, 1.807) is 18.3 Å². The first-order chi connectivity index (χ1) is 10.2. The summed E-state index contributed by atoms with van der Waals surface area (Å²) in [6, 6.07) is 4.17. The van der Waals surface area contributed by atoms with Gasteiger partial charge in [-0.15, -0.1) is 0 Å². The van der Waals surface area contributed by atoms with E-state index >= 15 is 0 Å². The van der Waals surface area contributed by atoms with E-state index in [9.17, 15) is 4.79 Å². The quantitative estimate of drug-likeness (QED) is 0.481. The van der Waals surface area contributed by atoms with E-state index in [2.05, 4.69) is 24.1 Å². The summed E-state index contributed by atoms with van der Waals surface area (Å²) in [5.74, 6) is -0.268. The maximum absolute atomic E-state index is 11.8. The standard InChI is InChI=1S/C17H30N2O2/c1-4-8-15(9-5-2)18-12-6-10-14(3)21-17(20)16-11-7-13-19-16/h7,11,13-15,18-19H,4-6,8-10,12H2,1-3H3. The SMILES string of the molecule is CCCC(CCC)NCCCC(C)OC(=O)c1ccc[nH]1. The molecule has 120 valence electrons. The van der Waals surface area contributed by atoms with Crippen LogP contribution >= 0.6 is 0 Å². The molecule has 0 fully saturated rings. The number of aromatic nitrogens is 1. The first-order valence-electron chi connectivity index (χ1n) is 8.25. The molecule has 1 rings (SSSR count). The Morgan fingerprint density at radius 2 is 2.00 bits per heavy atom. The van der Waals surface area contributed by atoms with Gasteiger partial charge >= 0.3 is 5.97 Å². The van der Waals surface area contributed by atoms with Crippen LogP contribution in [0, 0.1) is 0 Å². The number of aromatic amines is 1. The predicted octanol–water partition coefficient (Wildman–Crippen LogP) is 3.90. The highest BCUT2D eigenvalue weighted by Gasteiger charge is 2.12. The van der Waals surface area contributed by atoms with E-state index in [4.69, 9.17) is 4.74 Å². The van der Waals surface area contributed by atoms with Crippen molar-refractivity contribution in [1.82, 2.24) is 10.3 Å². The van der Waals surface area contributed by atoms with Gasteiger partial charge in [0.05, 0.1) is 6.10 Å². The summed E-state index contributed by atoms with van der Waals surface area (Å²) in [5.41, 5.74) is 0.519.